The fraction of sp³-hybridized carbons (Fsp3) is 0.500. The molecule has 1 aliphatic heterocycles. The summed E-state index contributed by atoms with van der Waals surface area (Å²) in [5, 5.41) is 8.92. The lowest BCUT2D eigenvalue weighted by molar-refractivity contribution is -0.116. The number of alkyl halides is 2. The zero-order chi connectivity index (χ0) is 13.6. The van der Waals surface area contributed by atoms with Crippen LogP contribution in [-0.4, -0.2) is 43.3 Å². The van der Waals surface area contributed by atoms with Gasteiger partial charge in [0.05, 0.1) is 25.4 Å². The Labute approximate surface area is 104 Å². The van der Waals surface area contributed by atoms with Crippen molar-refractivity contribution in [3.63, 3.8) is 0 Å². The van der Waals surface area contributed by atoms with Gasteiger partial charge in [-0.2, -0.15) is 0 Å². The van der Waals surface area contributed by atoms with Crippen molar-refractivity contribution in [1.82, 2.24) is 19.5 Å². The quantitative estimate of drug-likeness (QED) is 0.804. The average molecular weight is 272 g/mol. The number of aromatic nitrogens is 4. The molecular weight excluding hydrogens is 262 g/mol. The van der Waals surface area contributed by atoms with Crippen LogP contribution in [0.5, 0.6) is 0 Å². The van der Waals surface area contributed by atoms with E-state index in [1.54, 1.807) is 0 Å². The Balaban J connectivity index is 2.10. The van der Waals surface area contributed by atoms with Crippen LogP contribution >= 0.6 is 0 Å². The predicted octanol–water partition coefficient (Wildman–Crippen LogP) is 0.0347. The maximum atomic E-state index is 13.8. The van der Waals surface area contributed by atoms with Crippen molar-refractivity contribution >= 4 is 11.2 Å². The van der Waals surface area contributed by atoms with Gasteiger partial charge in [-0.1, -0.05) is 0 Å². The minimum atomic E-state index is -3.16. The predicted molar refractivity (Wildman–Crippen MR) is 58.7 cm³/mol. The molecule has 1 aliphatic rings. The molecule has 0 spiro atoms. The summed E-state index contributed by atoms with van der Waals surface area (Å²) in [6, 6.07) is 0. The molecule has 0 bridgehead atoms. The first-order valence-electron chi connectivity index (χ1n) is 5.57. The largest absolute Gasteiger partial charge is 0.394 e. The monoisotopic (exact) mass is 272 g/mol. The number of hydrogen-bond acceptors (Lipinski definition) is 5. The van der Waals surface area contributed by atoms with Crippen LogP contribution in [0.3, 0.4) is 0 Å². The van der Waals surface area contributed by atoms with Gasteiger partial charge in [0, 0.05) is 6.42 Å². The maximum Gasteiger partial charge on any atom is 0.295 e. The number of hydrogen-bond donors (Lipinski definition) is 2. The standard InChI is InChI=1S/C10H10F2N4O3/c11-10(12)1-5(2-17)19-9(10)16-4-15-6-7(16)13-3-14-8(6)18/h3-5,9,17H,1-2H2,(H,13,14,18)/t5-,9-/m1/s1. The minimum Gasteiger partial charge on any atom is -0.394 e. The summed E-state index contributed by atoms with van der Waals surface area (Å²) >= 11 is 0. The van der Waals surface area contributed by atoms with Crippen LogP contribution < -0.4 is 5.56 Å². The summed E-state index contributed by atoms with van der Waals surface area (Å²) < 4.78 is 33.8. The van der Waals surface area contributed by atoms with Gasteiger partial charge >= 0.3 is 0 Å². The highest BCUT2D eigenvalue weighted by Gasteiger charge is 2.51. The molecule has 3 rings (SSSR count). The Morgan fingerprint density at radius 3 is 3.05 bits per heavy atom. The summed E-state index contributed by atoms with van der Waals surface area (Å²) in [4.78, 5) is 21.3. The molecule has 0 amide bonds. The highest BCUT2D eigenvalue weighted by molar-refractivity contribution is 5.68. The molecule has 0 aromatic carbocycles. The van der Waals surface area contributed by atoms with Gasteiger partial charge in [0.1, 0.15) is 0 Å². The van der Waals surface area contributed by atoms with Gasteiger partial charge in [-0.3, -0.25) is 9.36 Å². The summed E-state index contributed by atoms with van der Waals surface area (Å²) in [6.45, 7) is -0.493. The number of aliphatic hydroxyl groups is 1. The van der Waals surface area contributed by atoms with E-state index in [4.69, 9.17) is 9.84 Å². The van der Waals surface area contributed by atoms with Crippen molar-refractivity contribution in [1.29, 1.82) is 0 Å². The molecule has 2 aromatic heterocycles. The molecule has 1 saturated heterocycles. The van der Waals surface area contributed by atoms with E-state index in [1.165, 1.54) is 0 Å². The molecule has 19 heavy (non-hydrogen) atoms. The second-order valence-electron chi connectivity index (χ2n) is 4.31. The highest BCUT2D eigenvalue weighted by Crippen LogP contribution is 2.42. The lowest BCUT2D eigenvalue weighted by Crippen LogP contribution is -2.26. The van der Waals surface area contributed by atoms with E-state index in [0.717, 1.165) is 17.2 Å². The third-order valence-corrected chi connectivity index (χ3v) is 3.00. The molecule has 2 aromatic rings. The van der Waals surface area contributed by atoms with Crippen molar-refractivity contribution in [3.8, 4) is 0 Å². The first-order chi connectivity index (χ1) is 9.03. The fourth-order valence-corrected chi connectivity index (χ4v) is 2.15. The molecule has 2 N–H and O–H groups in total. The Morgan fingerprint density at radius 1 is 1.58 bits per heavy atom. The first-order valence-corrected chi connectivity index (χ1v) is 5.57. The molecular formula is C10H10F2N4O3. The summed E-state index contributed by atoms with van der Waals surface area (Å²) in [5.41, 5.74) is -0.523. The van der Waals surface area contributed by atoms with Crippen molar-refractivity contribution in [2.75, 3.05) is 6.61 Å². The molecule has 0 aliphatic carbocycles. The van der Waals surface area contributed by atoms with Gasteiger partial charge in [-0.05, 0) is 0 Å². The number of nitrogens with zero attached hydrogens (tertiary/aromatic N) is 3. The number of H-pyrrole nitrogens is 1. The first kappa shape index (κ1) is 12.2. The van der Waals surface area contributed by atoms with Crippen molar-refractivity contribution in [3.05, 3.63) is 23.0 Å². The number of ether oxygens (including phenoxy) is 1. The van der Waals surface area contributed by atoms with Crippen LogP contribution in [0.25, 0.3) is 11.2 Å². The van der Waals surface area contributed by atoms with Gasteiger partial charge in [0.2, 0.25) is 6.23 Å². The minimum absolute atomic E-state index is 0.0204. The van der Waals surface area contributed by atoms with Gasteiger partial charge < -0.3 is 14.8 Å². The molecule has 0 saturated carbocycles. The number of fused-ring (bicyclic) bond motifs is 1. The van der Waals surface area contributed by atoms with E-state index >= 15 is 0 Å². The Morgan fingerprint density at radius 2 is 2.37 bits per heavy atom. The molecule has 1 fully saturated rings. The second-order valence-corrected chi connectivity index (χ2v) is 4.31. The van der Waals surface area contributed by atoms with Crippen LogP contribution in [0, 0.1) is 0 Å². The smallest absolute Gasteiger partial charge is 0.295 e. The third kappa shape index (κ3) is 1.81. The van der Waals surface area contributed by atoms with Crippen molar-refractivity contribution < 1.29 is 18.6 Å². The van der Waals surface area contributed by atoms with Crippen LogP contribution in [0.2, 0.25) is 0 Å². The number of nitrogens with one attached hydrogen (secondary N) is 1. The zero-order valence-corrected chi connectivity index (χ0v) is 9.58. The molecule has 102 valence electrons. The Hall–Kier alpha value is -1.87. The SMILES string of the molecule is O=c1[nH]cnc2c1ncn2[C@@H]1O[C@@H](CO)CC1(F)F. The van der Waals surface area contributed by atoms with Crippen molar-refractivity contribution in [2.45, 2.75) is 24.7 Å². The molecule has 2 atom stereocenters. The van der Waals surface area contributed by atoms with E-state index in [1.807, 2.05) is 0 Å². The van der Waals surface area contributed by atoms with Gasteiger partial charge in [-0.25, -0.2) is 18.7 Å². The van der Waals surface area contributed by atoms with Crippen LogP contribution in [0.4, 0.5) is 8.78 Å². The van der Waals surface area contributed by atoms with Gasteiger partial charge in [-0.15, -0.1) is 0 Å². The van der Waals surface area contributed by atoms with Gasteiger partial charge in [0.15, 0.2) is 11.2 Å². The van der Waals surface area contributed by atoms with E-state index in [-0.39, 0.29) is 11.2 Å². The highest BCUT2D eigenvalue weighted by atomic mass is 19.3. The van der Waals surface area contributed by atoms with Crippen LogP contribution in [0.15, 0.2) is 17.4 Å². The van der Waals surface area contributed by atoms with Crippen LogP contribution in [-0.2, 0) is 4.74 Å². The number of halogens is 2. The third-order valence-electron chi connectivity index (χ3n) is 3.00. The summed E-state index contributed by atoms with van der Waals surface area (Å²) in [7, 11) is 0. The van der Waals surface area contributed by atoms with Gasteiger partial charge in [0.25, 0.3) is 11.5 Å². The fourth-order valence-electron chi connectivity index (χ4n) is 2.15. The molecule has 0 unspecified atom stereocenters. The van der Waals surface area contributed by atoms with E-state index in [2.05, 4.69) is 15.0 Å². The summed E-state index contributed by atoms with van der Waals surface area (Å²) in [6.07, 6.45) is -0.953. The normalized spacial score (nSPS) is 26.1. The van der Waals surface area contributed by atoms with Crippen molar-refractivity contribution in [2.24, 2.45) is 0 Å². The lowest BCUT2D eigenvalue weighted by Gasteiger charge is -2.19. The molecule has 9 heteroatoms. The lowest BCUT2D eigenvalue weighted by atomic mass is 10.2. The Bertz CT molecular complexity index is 668. The maximum absolute atomic E-state index is 13.8. The van der Waals surface area contributed by atoms with E-state index < -0.39 is 36.8 Å². The average Bonchev–Trinajstić information content (AvgIpc) is 2.90. The molecule has 3 heterocycles. The Kier molecular flexibility index (Phi) is 2.61. The topological polar surface area (TPSA) is 93.0 Å². The number of rotatable bonds is 2. The number of imidazole rings is 1. The number of aromatic amines is 1. The molecule has 7 nitrogen and oxygen atoms in total. The summed E-state index contributed by atoms with van der Waals surface area (Å²) in [5.74, 6) is -3.16. The van der Waals surface area contributed by atoms with Crippen LogP contribution in [0.1, 0.15) is 12.6 Å². The molecule has 0 radical (unpaired) electrons. The zero-order valence-electron chi connectivity index (χ0n) is 9.58. The van der Waals surface area contributed by atoms with E-state index in [0.29, 0.717) is 0 Å². The second kappa shape index (κ2) is 4.07. The van der Waals surface area contributed by atoms with E-state index in [9.17, 15) is 13.6 Å². The number of aliphatic hydroxyl groups excluding tert-OH is 1.